The number of nitrogens with zero attached hydrogens (tertiary/aromatic N) is 1. The van der Waals surface area contributed by atoms with Crippen molar-refractivity contribution in [2.24, 2.45) is 17.1 Å². The Hall–Kier alpha value is -1.88. The van der Waals surface area contributed by atoms with Gasteiger partial charge in [0.2, 0.25) is 11.8 Å². The molecule has 0 aliphatic carbocycles. The first-order valence-electron chi connectivity index (χ1n) is 8.15. The molecule has 0 saturated carbocycles. The summed E-state index contributed by atoms with van der Waals surface area (Å²) in [4.78, 5) is 26.2. The first-order chi connectivity index (χ1) is 10.8. The number of hydrogen-bond donors (Lipinski definition) is 2. The van der Waals surface area contributed by atoms with Gasteiger partial charge < -0.3 is 16.0 Å². The van der Waals surface area contributed by atoms with E-state index in [9.17, 15) is 9.59 Å². The van der Waals surface area contributed by atoms with Crippen LogP contribution in [0.3, 0.4) is 0 Å². The number of carbonyl (C=O) groups is 2. The van der Waals surface area contributed by atoms with Crippen LogP contribution < -0.4 is 11.1 Å². The highest BCUT2D eigenvalue weighted by molar-refractivity contribution is 5.96. The summed E-state index contributed by atoms with van der Waals surface area (Å²) in [5.41, 5.74) is 7.66. The smallest absolute Gasteiger partial charge is 0.227 e. The maximum atomic E-state index is 12.3. The Morgan fingerprint density at radius 3 is 2.78 bits per heavy atom. The van der Waals surface area contributed by atoms with Crippen molar-refractivity contribution in [3.8, 4) is 0 Å². The summed E-state index contributed by atoms with van der Waals surface area (Å²) < 4.78 is 0. The van der Waals surface area contributed by atoms with Gasteiger partial charge in [-0.3, -0.25) is 9.59 Å². The number of nitrogens with two attached hydrogens (primary N) is 1. The average molecular weight is 317 g/mol. The van der Waals surface area contributed by atoms with Crippen LogP contribution in [-0.2, 0) is 16.0 Å². The number of hydrogen-bond acceptors (Lipinski definition) is 3. The Balaban J connectivity index is 1.88. The second kappa shape index (κ2) is 7.13. The van der Waals surface area contributed by atoms with Gasteiger partial charge in [0, 0.05) is 31.6 Å². The van der Waals surface area contributed by atoms with Crippen LogP contribution in [0.5, 0.6) is 0 Å². The predicted molar refractivity (Wildman–Crippen MR) is 92.0 cm³/mol. The summed E-state index contributed by atoms with van der Waals surface area (Å²) in [6.07, 6.45) is 1.66. The summed E-state index contributed by atoms with van der Waals surface area (Å²) in [7, 11) is 1.80. The number of fused-ring (bicyclic) bond motifs is 1. The molecule has 1 aliphatic heterocycles. The normalized spacial score (nSPS) is 17.4. The third kappa shape index (κ3) is 4.55. The van der Waals surface area contributed by atoms with E-state index < -0.39 is 0 Å². The molecule has 0 spiro atoms. The van der Waals surface area contributed by atoms with Crippen molar-refractivity contribution < 1.29 is 9.59 Å². The number of nitrogens with one attached hydrogen (secondary N) is 1. The molecule has 1 heterocycles. The van der Waals surface area contributed by atoms with Gasteiger partial charge in [-0.05, 0) is 36.4 Å². The molecule has 5 nitrogen and oxygen atoms in total. The molecular weight excluding hydrogens is 290 g/mol. The molecule has 1 aliphatic rings. The molecule has 1 atom stereocenters. The molecule has 0 radical (unpaired) electrons. The summed E-state index contributed by atoms with van der Waals surface area (Å²) in [5, 5.41) is 2.93. The lowest BCUT2D eigenvalue weighted by atomic mass is 9.89. The molecule has 0 aromatic heterocycles. The van der Waals surface area contributed by atoms with Gasteiger partial charge in [-0.1, -0.05) is 32.0 Å². The second-order valence-electron chi connectivity index (χ2n) is 7.20. The van der Waals surface area contributed by atoms with Gasteiger partial charge in [-0.15, -0.1) is 0 Å². The van der Waals surface area contributed by atoms with E-state index >= 15 is 0 Å². The standard InChI is InChI=1S/C18H27N3O2/c1-18(2,11-19)12-21(3)16(22)9-8-14-10-13-6-4-5-7-15(13)20-17(14)23/h4-7,14H,8-12,19H2,1-3H3,(H,20,23). The maximum absolute atomic E-state index is 12.3. The van der Waals surface area contributed by atoms with E-state index in [1.165, 1.54) is 0 Å². The fourth-order valence-corrected chi connectivity index (χ4v) is 2.93. The Morgan fingerprint density at radius 1 is 1.39 bits per heavy atom. The summed E-state index contributed by atoms with van der Waals surface area (Å²) in [6, 6.07) is 7.83. The van der Waals surface area contributed by atoms with Crippen LogP contribution in [0.25, 0.3) is 0 Å². The van der Waals surface area contributed by atoms with Crippen LogP contribution in [0.1, 0.15) is 32.3 Å². The molecule has 2 amide bonds. The molecule has 0 fully saturated rings. The van der Waals surface area contributed by atoms with Crippen molar-refractivity contribution in [3.63, 3.8) is 0 Å². The number of rotatable bonds is 6. The third-order valence-electron chi connectivity index (χ3n) is 4.46. The minimum absolute atomic E-state index is 0.0152. The van der Waals surface area contributed by atoms with Gasteiger partial charge in [0.05, 0.1) is 0 Å². The van der Waals surface area contributed by atoms with Crippen molar-refractivity contribution in [1.29, 1.82) is 0 Å². The Labute approximate surface area is 138 Å². The molecule has 0 bridgehead atoms. The highest BCUT2D eigenvalue weighted by Crippen LogP contribution is 2.27. The first kappa shape index (κ1) is 17.5. The minimum Gasteiger partial charge on any atom is -0.345 e. The van der Waals surface area contributed by atoms with Gasteiger partial charge in [-0.2, -0.15) is 0 Å². The highest BCUT2D eigenvalue weighted by Gasteiger charge is 2.27. The number of anilines is 1. The van der Waals surface area contributed by atoms with Gasteiger partial charge >= 0.3 is 0 Å². The van der Waals surface area contributed by atoms with E-state index in [4.69, 9.17) is 5.73 Å². The molecule has 1 aromatic carbocycles. The zero-order valence-corrected chi connectivity index (χ0v) is 14.3. The molecule has 126 valence electrons. The third-order valence-corrected chi connectivity index (χ3v) is 4.46. The van der Waals surface area contributed by atoms with Crippen molar-refractivity contribution in [1.82, 2.24) is 4.90 Å². The number of benzene rings is 1. The Morgan fingerprint density at radius 2 is 2.09 bits per heavy atom. The first-order valence-corrected chi connectivity index (χ1v) is 8.15. The van der Waals surface area contributed by atoms with E-state index in [2.05, 4.69) is 5.32 Å². The van der Waals surface area contributed by atoms with E-state index in [1.54, 1.807) is 11.9 Å². The maximum Gasteiger partial charge on any atom is 0.227 e. The van der Waals surface area contributed by atoms with E-state index in [0.29, 0.717) is 32.4 Å². The molecule has 23 heavy (non-hydrogen) atoms. The lowest BCUT2D eigenvalue weighted by Crippen LogP contribution is -2.40. The Kier molecular flexibility index (Phi) is 5.42. The van der Waals surface area contributed by atoms with E-state index in [1.807, 2.05) is 38.1 Å². The van der Waals surface area contributed by atoms with Gasteiger partial charge in [0.25, 0.3) is 0 Å². The minimum atomic E-state index is -0.134. The number of para-hydroxylation sites is 1. The molecule has 1 aromatic rings. The quantitative estimate of drug-likeness (QED) is 0.843. The monoisotopic (exact) mass is 317 g/mol. The van der Waals surface area contributed by atoms with Crippen molar-refractivity contribution >= 4 is 17.5 Å². The summed E-state index contributed by atoms with van der Waals surface area (Å²) in [6.45, 7) is 5.25. The lowest BCUT2D eigenvalue weighted by Gasteiger charge is -2.30. The van der Waals surface area contributed by atoms with Gasteiger partial charge in [-0.25, -0.2) is 0 Å². The van der Waals surface area contributed by atoms with E-state index in [0.717, 1.165) is 11.3 Å². The van der Waals surface area contributed by atoms with Gasteiger partial charge in [0.1, 0.15) is 0 Å². The largest absolute Gasteiger partial charge is 0.345 e. The fourth-order valence-electron chi connectivity index (χ4n) is 2.93. The SMILES string of the molecule is CN(CC(C)(C)CN)C(=O)CCC1Cc2ccccc2NC1=O. The molecule has 0 saturated heterocycles. The zero-order valence-electron chi connectivity index (χ0n) is 14.3. The summed E-state index contributed by atoms with van der Waals surface area (Å²) >= 11 is 0. The van der Waals surface area contributed by atoms with Crippen molar-refractivity contribution in [3.05, 3.63) is 29.8 Å². The van der Waals surface area contributed by atoms with Crippen molar-refractivity contribution in [2.75, 3.05) is 25.5 Å². The Bertz CT molecular complexity index is 583. The average Bonchev–Trinajstić information content (AvgIpc) is 2.52. The van der Waals surface area contributed by atoms with Crippen LogP contribution >= 0.6 is 0 Å². The zero-order chi connectivity index (χ0) is 17.0. The summed E-state index contributed by atoms with van der Waals surface area (Å²) in [5.74, 6) is -0.0515. The lowest BCUT2D eigenvalue weighted by molar-refractivity contribution is -0.131. The molecule has 3 N–H and O–H groups in total. The number of amides is 2. The predicted octanol–water partition coefficient (Wildman–Crippen LogP) is 2.02. The molecule has 2 rings (SSSR count). The van der Waals surface area contributed by atoms with Crippen LogP contribution in [0.15, 0.2) is 24.3 Å². The van der Waals surface area contributed by atoms with Crippen LogP contribution in [0.2, 0.25) is 0 Å². The number of carbonyl (C=O) groups excluding carboxylic acids is 2. The molecule has 1 unspecified atom stereocenters. The van der Waals surface area contributed by atoms with Crippen LogP contribution in [0.4, 0.5) is 5.69 Å². The second-order valence-corrected chi connectivity index (χ2v) is 7.20. The van der Waals surface area contributed by atoms with E-state index in [-0.39, 0.29) is 23.1 Å². The van der Waals surface area contributed by atoms with Crippen LogP contribution in [0, 0.1) is 11.3 Å². The topological polar surface area (TPSA) is 75.4 Å². The van der Waals surface area contributed by atoms with Crippen molar-refractivity contribution in [2.45, 2.75) is 33.1 Å². The fraction of sp³-hybridized carbons (Fsp3) is 0.556. The van der Waals surface area contributed by atoms with Crippen LogP contribution in [-0.4, -0.2) is 36.9 Å². The highest BCUT2D eigenvalue weighted by atomic mass is 16.2. The molecular formula is C18H27N3O2. The molecule has 5 heteroatoms. The van der Waals surface area contributed by atoms with Gasteiger partial charge in [0.15, 0.2) is 0 Å².